The Balaban J connectivity index is 0.000000199. The first kappa shape index (κ1) is 56.9. The van der Waals surface area contributed by atoms with Crippen molar-refractivity contribution in [3.63, 3.8) is 0 Å². The number of nitrogens with zero attached hydrogens (tertiary/aromatic N) is 8. The number of aryl methyl sites for hydroxylation is 2. The maximum atomic E-state index is 11.0. The number of methoxy groups -OCH3 is 2. The number of nitrogens with one attached hydrogen (secondary N) is 1. The van der Waals surface area contributed by atoms with Crippen LogP contribution in [0.25, 0.3) is 33.1 Å². The number of hydrogen-bond donors (Lipinski definition) is 2. The fourth-order valence-corrected chi connectivity index (χ4v) is 8.05. The van der Waals surface area contributed by atoms with Crippen molar-refractivity contribution in [1.82, 2.24) is 45.0 Å². The number of aromatic nitrogens is 6. The Kier molecular flexibility index (Phi) is 22.5. The van der Waals surface area contributed by atoms with Gasteiger partial charge in [0, 0.05) is 57.0 Å². The Morgan fingerprint density at radius 2 is 1.11 bits per heavy atom. The molecule has 23 heteroatoms. The molecule has 0 bridgehead atoms. The average Bonchev–Trinajstić information content (AvgIpc) is 4.00. The van der Waals surface area contributed by atoms with E-state index in [0.29, 0.717) is 63.9 Å². The van der Waals surface area contributed by atoms with E-state index in [2.05, 4.69) is 65.8 Å². The van der Waals surface area contributed by atoms with Crippen molar-refractivity contribution in [2.45, 2.75) is 83.4 Å². The molecule has 3 aliphatic heterocycles. The highest BCUT2D eigenvalue weighted by Gasteiger charge is 2.34. The largest absolute Gasteiger partial charge is 0.497 e. The maximum absolute atomic E-state index is 11.0. The first-order chi connectivity index (χ1) is 33.3. The van der Waals surface area contributed by atoms with E-state index in [0.717, 1.165) is 59.1 Å². The van der Waals surface area contributed by atoms with Gasteiger partial charge in [-0.2, -0.15) is 19.2 Å². The molecule has 3 aliphatic rings. The Hall–Kier alpha value is -5.69. The van der Waals surface area contributed by atoms with E-state index in [1.54, 1.807) is 37.3 Å². The van der Waals surface area contributed by atoms with Gasteiger partial charge in [0.25, 0.3) is 11.8 Å². The number of carbonyl (C=O) groups excluding carboxylic acids is 5. The van der Waals surface area contributed by atoms with Crippen LogP contribution in [0.5, 0.6) is 17.5 Å². The average molecular weight is 1050 g/mol. The van der Waals surface area contributed by atoms with Crippen LogP contribution in [0.3, 0.4) is 0 Å². The van der Waals surface area contributed by atoms with Gasteiger partial charge >= 0.3 is 18.3 Å². The van der Waals surface area contributed by atoms with Crippen LogP contribution in [0.2, 0.25) is 20.6 Å². The van der Waals surface area contributed by atoms with Crippen LogP contribution >= 0.6 is 46.4 Å². The zero-order chi connectivity index (χ0) is 51.7. The number of esters is 1. The van der Waals surface area contributed by atoms with E-state index in [-0.39, 0.29) is 52.9 Å². The summed E-state index contributed by atoms with van der Waals surface area (Å²) in [6.45, 7) is 10.7. The lowest BCUT2D eigenvalue weighted by Crippen LogP contribution is -2.33. The molecule has 9 rings (SSSR count). The molecule has 2 N–H and O–H groups in total. The van der Waals surface area contributed by atoms with Crippen LogP contribution in [0, 0.1) is 13.8 Å². The highest BCUT2D eigenvalue weighted by atomic mass is 35.5. The number of hydrogen-bond acceptors (Lipinski definition) is 19. The number of benzene rings is 3. The normalized spacial score (nSPS) is 20.3. The summed E-state index contributed by atoms with van der Waals surface area (Å²) in [6.07, 6.45) is 2.80. The molecular weight excluding hydrogens is 992 g/mol. The topological polar surface area (TPSA) is 238 Å². The molecule has 6 aromatic rings. The number of β-amino-alcohol motifs (C(OH)–C–C–N with tert-alkyl or cyclic N) is 1. The molecule has 3 fully saturated rings. The van der Waals surface area contributed by atoms with Crippen LogP contribution in [0.1, 0.15) is 44.2 Å². The minimum atomic E-state index is -0.385. The quantitative estimate of drug-likeness (QED) is 0.163. The zero-order valence-electron chi connectivity index (χ0n) is 39.6. The van der Waals surface area contributed by atoms with Gasteiger partial charge in [-0.25, -0.2) is 29.9 Å². The van der Waals surface area contributed by atoms with Gasteiger partial charge in [0.05, 0.1) is 53.4 Å². The number of halogens is 4. The van der Waals surface area contributed by atoms with Crippen LogP contribution in [0.4, 0.5) is 0 Å². The number of carbonyl (C=O) groups is 1. The summed E-state index contributed by atoms with van der Waals surface area (Å²) >= 11 is 23.8. The van der Waals surface area contributed by atoms with Gasteiger partial charge in [0.15, 0.2) is 20.6 Å². The number of aliphatic hydroxyl groups excluding tert-OH is 1. The molecule has 3 saturated heterocycles. The third-order valence-corrected chi connectivity index (χ3v) is 12.1. The molecule has 19 nitrogen and oxygen atoms in total. The molecular formula is C47H53Cl4N9O10. The molecule has 6 atom stereocenters. The molecule has 2 unspecified atom stereocenters. The molecule has 3 aromatic carbocycles. The Labute approximate surface area is 424 Å². The number of likely N-dealkylation sites (tertiary alicyclic amines) is 2. The zero-order valence-corrected chi connectivity index (χ0v) is 42.6. The SMILES string of the molecule is COC(=O)[C@@H]1C[C@@H](O)CN1C.COc1ccc2nc(Cl)c(Cl)nc2c1.Cc1ccc2nc(Cl)c(OC3CN[C@H](C)C3)nc2c1.Cc1ccc2nc(Cl)c(OC3C[C@@H](C)N(C)C3)nc2c1.O=C=O.O=C=O. The summed E-state index contributed by atoms with van der Waals surface area (Å²) in [5.74, 6) is 1.33. The van der Waals surface area contributed by atoms with Gasteiger partial charge in [-0.05, 0) is 89.3 Å². The summed E-state index contributed by atoms with van der Waals surface area (Å²) in [6, 6.07) is 17.9. The molecule has 374 valence electrons. The fourth-order valence-electron chi connectivity index (χ4n) is 7.43. The summed E-state index contributed by atoms with van der Waals surface area (Å²) in [5, 5.41) is 13.6. The first-order valence-corrected chi connectivity index (χ1v) is 23.1. The molecule has 0 radical (unpaired) electrons. The second-order valence-corrected chi connectivity index (χ2v) is 17.8. The molecule has 0 saturated carbocycles. The van der Waals surface area contributed by atoms with E-state index in [9.17, 15) is 4.79 Å². The molecule has 0 aliphatic carbocycles. The van der Waals surface area contributed by atoms with Crippen molar-refractivity contribution >= 4 is 97.8 Å². The Morgan fingerprint density at radius 1 is 0.643 bits per heavy atom. The monoisotopic (exact) mass is 1040 g/mol. The van der Waals surface area contributed by atoms with Gasteiger partial charge in [-0.3, -0.25) is 14.6 Å². The molecule has 70 heavy (non-hydrogen) atoms. The van der Waals surface area contributed by atoms with E-state index < -0.39 is 0 Å². The van der Waals surface area contributed by atoms with Gasteiger partial charge in [0.2, 0.25) is 0 Å². The van der Waals surface area contributed by atoms with Crippen LogP contribution in [0.15, 0.2) is 54.6 Å². The third kappa shape index (κ3) is 16.7. The number of rotatable bonds is 6. The van der Waals surface area contributed by atoms with Gasteiger partial charge < -0.3 is 29.4 Å². The summed E-state index contributed by atoms with van der Waals surface area (Å²) in [4.78, 5) is 73.4. The predicted molar refractivity (Wildman–Crippen MR) is 261 cm³/mol. The second kappa shape index (κ2) is 27.6. The summed E-state index contributed by atoms with van der Waals surface area (Å²) < 4.78 is 21.4. The van der Waals surface area contributed by atoms with E-state index >= 15 is 0 Å². The minimum absolute atomic E-state index is 0.115. The van der Waals surface area contributed by atoms with Crippen LogP contribution in [-0.2, 0) is 28.7 Å². The lowest BCUT2D eigenvalue weighted by Gasteiger charge is -2.15. The van der Waals surface area contributed by atoms with Crippen molar-refractivity contribution in [2.24, 2.45) is 0 Å². The summed E-state index contributed by atoms with van der Waals surface area (Å²) in [7, 11) is 6.86. The van der Waals surface area contributed by atoms with Crippen LogP contribution in [-0.4, -0.2) is 147 Å². The predicted octanol–water partition coefficient (Wildman–Crippen LogP) is 6.79. The number of fused-ring (bicyclic) bond motifs is 3. The van der Waals surface area contributed by atoms with Crippen molar-refractivity contribution in [2.75, 3.05) is 47.9 Å². The standard InChI is InChI=1S/C15H18ClN3O.C14H16ClN3O.C9H6Cl2N2O.C7H13NO3.2CO2/c1-9-4-5-12-13(6-9)18-15(14(16)17-12)20-11-7-10(2)19(3)8-11;1-8-3-4-11-12(5-8)18-14(13(15)17-11)19-10-6-9(2)16-7-10;1-14-5-2-3-6-7(4-5)13-9(11)8(10)12-6;1-8-4-5(9)3-6(8)7(10)11-2;2*2-1-3/h4-6,10-11H,7-8H2,1-3H3;3-5,9-10,16H,6-7H2,1-2H3;2-4H,1H3;5-6,9H,3-4H2,1-2H3;;/t10-,11?;9-,10?;;5-,6+;;/m11.1../s1. The van der Waals surface area contributed by atoms with Crippen LogP contribution < -0.4 is 19.5 Å². The van der Waals surface area contributed by atoms with E-state index in [1.165, 1.54) is 7.11 Å². The molecule has 6 heterocycles. The van der Waals surface area contributed by atoms with Gasteiger partial charge in [0.1, 0.15) is 24.0 Å². The van der Waals surface area contributed by atoms with Crippen molar-refractivity contribution in [1.29, 1.82) is 0 Å². The fraction of sp³-hybridized carbons (Fsp3) is 0.426. The lowest BCUT2D eigenvalue weighted by molar-refractivity contribution is -0.193. The third-order valence-electron chi connectivity index (χ3n) is 11.0. The molecule has 3 aromatic heterocycles. The maximum Gasteiger partial charge on any atom is 0.373 e. The molecule has 0 spiro atoms. The van der Waals surface area contributed by atoms with Crippen molar-refractivity contribution < 1.29 is 48.0 Å². The number of ether oxygens (including phenoxy) is 4. The van der Waals surface area contributed by atoms with Crippen molar-refractivity contribution in [3.8, 4) is 17.5 Å². The molecule has 0 amide bonds. The summed E-state index contributed by atoms with van der Waals surface area (Å²) in [5.41, 5.74) is 6.88. The lowest BCUT2D eigenvalue weighted by atomic mass is 10.2. The smallest absolute Gasteiger partial charge is 0.373 e. The minimum Gasteiger partial charge on any atom is -0.497 e. The van der Waals surface area contributed by atoms with E-state index in [1.807, 2.05) is 50.2 Å². The Bertz CT molecular complexity index is 2760. The van der Waals surface area contributed by atoms with Crippen molar-refractivity contribution in [3.05, 3.63) is 86.3 Å². The highest BCUT2D eigenvalue weighted by molar-refractivity contribution is 6.40. The number of likely N-dealkylation sites (N-methyl/N-ethyl adjacent to an activating group) is 2. The van der Waals surface area contributed by atoms with Gasteiger partial charge in [-0.1, -0.05) is 58.5 Å². The number of aliphatic hydroxyl groups is 1. The Morgan fingerprint density at radius 3 is 1.54 bits per heavy atom. The highest BCUT2D eigenvalue weighted by Crippen LogP contribution is 2.29. The van der Waals surface area contributed by atoms with Gasteiger partial charge in [-0.15, -0.1) is 0 Å². The second-order valence-electron chi connectivity index (χ2n) is 16.4. The van der Waals surface area contributed by atoms with E-state index in [4.69, 9.17) is 84.9 Å². The first-order valence-electron chi connectivity index (χ1n) is 21.6.